The summed E-state index contributed by atoms with van der Waals surface area (Å²) >= 11 is 0. The molecule has 7 heteroatoms. The number of nitrogens with zero attached hydrogens (tertiary/aromatic N) is 3. The van der Waals surface area contributed by atoms with Gasteiger partial charge >= 0.3 is 0 Å². The molecule has 0 radical (unpaired) electrons. The maximum Gasteiger partial charge on any atom is 0.255 e. The van der Waals surface area contributed by atoms with Crippen molar-refractivity contribution in [3.63, 3.8) is 0 Å². The van der Waals surface area contributed by atoms with E-state index in [2.05, 4.69) is 30.9 Å². The lowest BCUT2D eigenvalue weighted by Crippen LogP contribution is -2.26. The number of aromatic amines is 2. The van der Waals surface area contributed by atoms with Crippen molar-refractivity contribution in [1.82, 2.24) is 30.9 Å². The molecule has 0 saturated carbocycles. The molecular formula is C10H14N6O. The van der Waals surface area contributed by atoms with Crippen LogP contribution in [0.2, 0.25) is 0 Å². The fraction of sp³-hybridized carbons (Fsp3) is 0.400. The number of amides is 1. The molecule has 0 aliphatic carbocycles. The molecule has 0 atom stereocenters. The molecule has 17 heavy (non-hydrogen) atoms. The summed E-state index contributed by atoms with van der Waals surface area (Å²) in [7, 11) is 0. The Bertz CT molecular complexity index is 481. The van der Waals surface area contributed by atoms with Crippen molar-refractivity contribution in [3.05, 3.63) is 28.8 Å². The van der Waals surface area contributed by atoms with Gasteiger partial charge in [-0.15, -0.1) is 0 Å². The average Bonchev–Trinajstić information content (AvgIpc) is 2.89. The molecular weight excluding hydrogens is 220 g/mol. The van der Waals surface area contributed by atoms with E-state index in [-0.39, 0.29) is 5.91 Å². The highest BCUT2D eigenvalue weighted by molar-refractivity contribution is 5.96. The van der Waals surface area contributed by atoms with Gasteiger partial charge in [-0.1, -0.05) is 0 Å². The van der Waals surface area contributed by atoms with Crippen LogP contribution < -0.4 is 5.32 Å². The zero-order chi connectivity index (χ0) is 12.3. The minimum Gasteiger partial charge on any atom is -0.352 e. The Labute approximate surface area is 98.0 Å². The predicted octanol–water partition coefficient (Wildman–Crippen LogP) is 0.117. The summed E-state index contributed by atoms with van der Waals surface area (Å²) in [5, 5.41) is 19.7. The summed E-state index contributed by atoms with van der Waals surface area (Å²) in [5.74, 6) is -0.114. The van der Waals surface area contributed by atoms with Crippen molar-refractivity contribution >= 4 is 5.91 Å². The number of rotatable bonds is 4. The van der Waals surface area contributed by atoms with Gasteiger partial charge in [0.1, 0.15) is 0 Å². The first-order valence-electron chi connectivity index (χ1n) is 5.33. The molecule has 90 valence electrons. The Hall–Kier alpha value is -2.18. The molecule has 0 unspecified atom stereocenters. The average molecular weight is 234 g/mol. The SMILES string of the molecule is Cc1n[nH]c(C)c1C(=O)NCCc1cn[nH]n1. The zero-order valence-corrected chi connectivity index (χ0v) is 9.74. The van der Waals surface area contributed by atoms with E-state index in [0.717, 1.165) is 11.4 Å². The van der Waals surface area contributed by atoms with Crippen molar-refractivity contribution in [2.24, 2.45) is 0 Å². The van der Waals surface area contributed by atoms with Crippen molar-refractivity contribution in [2.45, 2.75) is 20.3 Å². The Morgan fingerprint density at radius 1 is 1.41 bits per heavy atom. The molecule has 2 aromatic rings. The van der Waals surface area contributed by atoms with Crippen LogP contribution >= 0.6 is 0 Å². The molecule has 3 N–H and O–H groups in total. The molecule has 2 aromatic heterocycles. The molecule has 0 saturated heterocycles. The topological polar surface area (TPSA) is 99.4 Å². The molecule has 7 nitrogen and oxygen atoms in total. The van der Waals surface area contributed by atoms with Crippen molar-refractivity contribution in [3.8, 4) is 0 Å². The van der Waals surface area contributed by atoms with Gasteiger partial charge in [-0.2, -0.15) is 20.5 Å². The van der Waals surface area contributed by atoms with Gasteiger partial charge in [0.25, 0.3) is 5.91 Å². The maximum absolute atomic E-state index is 11.9. The van der Waals surface area contributed by atoms with Crippen LogP contribution in [0.25, 0.3) is 0 Å². The van der Waals surface area contributed by atoms with Crippen LogP contribution in [0.5, 0.6) is 0 Å². The van der Waals surface area contributed by atoms with Crippen LogP contribution in [0.15, 0.2) is 6.20 Å². The molecule has 0 aliphatic rings. The van der Waals surface area contributed by atoms with Crippen LogP contribution in [0, 0.1) is 13.8 Å². The van der Waals surface area contributed by atoms with Crippen molar-refractivity contribution in [2.75, 3.05) is 6.54 Å². The monoisotopic (exact) mass is 234 g/mol. The molecule has 0 fully saturated rings. The highest BCUT2D eigenvalue weighted by atomic mass is 16.1. The van der Waals surface area contributed by atoms with E-state index in [1.54, 1.807) is 13.1 Å². The third kappa shape index (κ3) is 2.49. The Morgan fingerprint density at radius 3 is 2.82 bits per heavy atom. The predicted molar refractivity (Wildman–Crippen MR) is 60.5 cm³/mol. The quantitative estimate of drug-likeness (QED) is 0.699. The number of carbonyl (C=O) groups is 1. The summed E-state index contributed by atoms with van der Waals surface area (Å²) in [5.41, 5.74) is 2.93. The first-order valence-corrected chi connectivity index (χ1v) is 5.33. The third-order valence-electron chi connectivity index (χ3n) is 2.49. The summed E-state index contributed by atoms with van der Waals surface area (Å²) in [6, 6.07) is 0. The Kier molecular flexibility index (Phi) is 3.17. The standard InChI is InChI=1S/C10H14N6O/c1-6-9(7(2)14-13-6)10(17)11-4-3-8-5-12-16-15-8/h5H,3-4H2,1-2H3,(H,11,17)(H,13,14)(H,12,15,16). The second-order valence-corrected chi connectivity index (χ2v) is 3.78. The number of hydrogen-bond acceptors (Lipinski definition) is 4. The van der Waals surface area contributed by atoms with E-state index in [1.165, 1.54) is 0 Å². The molecule has 1 amide bonds. The maximum atomic E-state index is 11.9. The molecule has 0 aromatic carbocycles. The van der Waals surface area contributed by atoms with E-state index in [1.807, 2.05) is 6.92 Å². The smallest absolute Gasteiger partial charge is 0.255 e. The molecule has 0 bridgehead atoms. The fourth-order valence-electron chi connectivity index (χ4n) is 1.62. The van der Waals surface area contributed by atoms with Crippen LogP contribution in [0.4, 0.5) is 0 Å². The van der Waals surface area contributed by atoms with Crippen molar-refractivity contribution in [1.29, 1.82) is 0 Å². The zero-order valence-electron chi connectivity index (χ0n) is 9.74. The summed E-state index contributed by atoms with van der Waals surface area (Å²) < 4.78 is 0. The summed E-state index contributed by atoms with van der Waals surface area (Å²) in [6.07, 6.45) is 2.29. The van der Waals surface area contributed by atoms with E-state index < -0.39 is 0 Å². The van der Waals surface area contributed by atoms with E-state index in [4.69, 9.17) is 0 Å². The van der Waals surface area contributed by atoms with Gasteiger partial charge in [0.05, 0.1) is 23.1 Å². The van der Waals surface area contributed by atoms with Crippen LogP contribution in [-0.2, 0) is 6.42 Å². The summed E-state index contributed by atoms with van der Waals surface area (Å²) in [4.78, 5) is 11.9. The largest absolute Gasteiger partial charge is 0.352 e. The molecule has 2 rings (SSSR count). The Morgan fingerprint density at radius 2 is 2.24 bits per heavy atom. The van der Waals surface area contributed by atoms with Gasteiger partial charge in [-0.3, -0.25) is 9.89 Å². The van der Waals surface area contributed by atoms with Gasteiger partial charge in [0.2, 0.25) is 0 Å². The first kappa shape index (κ1) is 11.3. The lowest BCUT2D eigenvalue weighted by Gasteiger charge is -2.03. The van der Waals surface area contributed by atoms with Gasteiger partial charge in [0.15, 0.2) is 0 Å². The van der Waals surface area contributed by atoms with Gasteiger partial charge in [-0.05, 0) is 13.8 Å². The minimum absolute atomic E-state index is 0.114. The summed E-state index contributed by atoms with van der Waals surface area (Å²) in [6.45, 7) is 4.15. The Balaban J connectivity index is 1.90. The van der Waals surface area contributed by atoms with Gasteiger partial charge in [0, 0.05) is 18.7 Å². The van der Waals surface area contributed by atoms with E-state index in [0.29, 0.717) is 24.2 Å². The van der Waals surface area contributed by atoms with Gasteiger partial charge < -0.3 is 5.32 Å². The molecule has 0 spiro atoms. The van der Waals surface area contributed by atoms with Crippen molar-refractivity contribution < 1.29 is 4.79 Å². The fourth-order valence-corrected chi connectivity index (χ4v) is 1.62. The highest BCUT2D eigenvalue weighted by Gasteiger charge is 2.14. The third-order valence-corrected chi connectivity index (χ3v) is 2.49. The van der Waals surface area contributed by atoms with Gasteiger partial charge in [-0.25, -0.2) is 0 Å². The van der Waals surface area contributed by atoms with E-state index >= 15 is 0 Å². The number of aryl methyl sites for hydroxylation is 2. The molecule has 0 aliphatic heterocycles. The van der Waals surface area contributed by atoms with Crippen LogP contribution in [-0.4, -0.2) is 38.1 Å². The minimum atomic E-state index is -0.114. The molecule has 2 heterocycles. The number of H-pyrrole nitrogens is 2. The number of aromatic nitrogens is 5. The van der Waals surface area contributed by atoms with Crippen LogP contribution in [0.1, 0.15) is 27.4 Å². The number of nitrogens with one attached hydrogen (secondary N) is 3. The van der Waals surface area contributed by atoms with Crippen LogP contribution in [0.3, 0.4) is 0 Å². The normalized spacial score (nSPS) is 10.5. The second kappa shape index (κ2) is 4.77. The number of carbonyl (C=O) groups excluding carboxylic acids is 1. The lowest BCUT2D eigenvalue weighted by atomic mass is 10.2. The first-order chi connectivity index (χ1) is 8.18. The second-order valence-electron chi connectivity index (χ2n) is 3.78. The lowest BCUT2D eigenvalue weighted by molar-refractivity contribution is 0.0953. The highest BCUT2D eigenvalue weighted by Crippen LogP contribution is 2.08. The van der Waals surface area contributed by atoms with E-state index in [9.17, 15) is 4.79 Å². The number of hydrogen-bond donors (Lipinski definition) is 3.